The lowest BCUT2D eigenvalue weighted by atomic mass is 10.1. The predicted octanol–water partition coefficient (Wildman–Crippen LogP) is 5.07. The van der Waals surface area contributed by atoms with Gasteiger partial charge in [-0.3, -0.25) is 4.79 Å². The predicted molar refractivity (Wildman–Crippen MR) is 71.6 cm³/mol. The van der Waals surface area contributed by atoms with Gasteiger partial charge in [-0.15, -0.1) is 11.3 Å². The summed E-state index contributed by atoms with van der Waals surface area (Å²) in [6, 6.07) is 6.23. The molecular formula is C13H8BrF3OS. The Labute approximate surface area is 120 Å². The molecule has 0 spiro atoms. The summed E-state index contributed by atoms with van der Waals surface area (Å²) in [6.45, 7) is 1.83. The van der Waals surface area contributed by atoms with Crippen LogP contribution in [-0.4, -0.2) is 5.78 Å². The molecule has 1 aromatic carbocycles. The van der Waals surface area contributed by atoms with Crippen molar-refractivity contribution in [1.82, 2.24) is 0 Å². The monoisotopic (exact) mass is 348 g/mol. The normalized spacial score (nSPS) is 11.6. The van der Waals surface area contributed by atoms with Gasteiger partial charge in [0, 0.05) is 14.9 Å². The first-order valence-corrected chi connectivity index (χ1v) is 6.88. The molecular weight excluding hydrogens is 341 g/mol. The third-order valence-corrected chi connectivity index (χ3v) is 4.41. The highest BCUT2D eigenvalue weighted by Crippen LogP contribution is 2.32. The van der Waals surface area contributed by atoms with E-state index >= 15 is 0 Å². The number of alkyl halides is 3. The molecule has 0 fully saturated rings. The van der Waals surface area contributed by atoms with Crippen LogP contribution in [0.25, 0.3) is 0 Å². The fourth-order valence-corrected chi connectivity index (χ4v) is 3.39. The van der Waals surface area contributed by atoms with Crippen LogP contribution in [0.5, 0.6) is 0 Å². The molecule has 0 unspecified atom stereocenters. The van der Waals surface area contributed by atoms with Crippen molar-refractivity contribution < 1.29 is 18.0 Å². The Kier molecular flexibility index (Phi) is 3.82. The van der Waals surface area contributed by atoms with Crippen molar-refractivity contribution in [2.45, 2.75) is 13.1 Å². The van der Waals surface area contributed by atoms with Crippen molar-refractivity contribution in [3.05, 3.63) is 55.7 Å². The van der Waals surface area contributed by atoms with Crippen LogP contribution >= 0.6 is 27.3 Å². The zero-order valence-electron chi connectivity index (χ0n) is 9.72. The maximum absolute atomic E-state index is 12.6. The molecule has 0 saturated heterocycles. The van der Waals surface area contributed by atoms with Gasteiger partial charge in [0.1, 0.15) is 0 Å². The third kappa shape index (κ3) is 3.06. The van der Waals surface area contributed by atoms with Gasteiger partial charge in [0.05, 0.1) is 10.4 Å². The fourth-order valence-electron chi connectivity index (χ4n) is 1.61. The minimum atomic E-state index is -4.45. The van der Waals surface area contributed by atoms with Crippen LogP contribution in [0.15, 0.2) is 34.8 Å². The lowest BCUT2D eigenvalue weighted by Gasteiger charge is -2.07. The number of thiophene rings is 1. The lowest BCUT2D eigenvalue weighted by Crippen LogP contribution is -2.07. The standard InChI is InChI=1S/C13H8BrF3OS/c1-7-5-10(14)12(19-7)11(18)8-3-2-4-9(6-8)13(15,16)17/h2-6H,1H3. The Morgan fingerprint density at radius 3 is 2.47 bits per heavy atom. The molecule has 1 heterocycles. The lowest BCUT2D eigenvalue weighted by molar-refractivity contribution is -0.137. The van der Waals surface area contributed by atoms with E-state index in [0.29, 0.717) is 9.35 Å². The SMILES string of the molecule is Cc1cc(Br)c(C(=O)c2cccc(C(F)(F)F)c2)s1. The number of aryl methyl sites for hydroxylation is 1. The van der Waals surface area contributed by atoms with Gasteiger partial charge in [-0.05, 0) is 41.1 Å². The Bertz CT molecular complexity index is 631. The molecule has 0 aliphatic carbocycles. The van der Waals surface area contributed by atoms with Crippen LogP contribution in [0, 0.1) is 6.92 Å². The Hall–Kier alpha value is -1.14. The van der Waals surface area contributed by atoms with Crippen LogP contribution in [-0.2, 0) is 6.18 Å². The zero-order chi connectivity index (χ0) is 14.2. The minimum absolute atomic E-state index is 0.0392. The average Bonchev–Trinajstić information content (AvgIpc) is 2.66. The molecule has 0 bridgehead atoms. The molecule has 19 heavy (non-hydrogen) atoms. The van der Waals surface area contributed by atoms with Crippen LogP contribution in [0.4, 0.5) is 13.2 Å². The summed E-state index contributed by atoms with van der Waals surface area (Å²) in [5.74, 6) is -0.406. The van der Waals surface area contributed by atoms with Gasteiger partial charge in [-0.1, -0.05) is 12.1 Å². The minimum Gasteiger partial charge on any atom is -0.288 e. The first-order valence-electron chi connectivity index (χ1n) is 5.27. The molecule has 6 heteroatoms. The van der Waals surface area contributed by atoms with Crippen molar-refractivity contribution in [1.29, 1.82) is 0 Å². The molecule has 2 aromatic rings. The number of hydrogen-bond donors (Lipinski definition) is 0. The largest absolute Gasteiger partial charge is 0.416 e. The molecule has 0 N–H and O–H groups in total. The second kappa shape index (κ2) is 5.09. The summed E-state index contributed by atoms with van der Waals surface area (Å²) in [6.07, 6.45) is -4.45. The highest BCUT2D eigenvalue weighted by molar-refractivity contribution is 9.10. The first kappa shape index (κ1) is 14.3. The highest BCUT2D eigenvalue weighted by atomic mass is 79.9. The van der Waals surface area contributed by atoms with Gasteiger partial charge in [0.2, 0.25) is 5.78 Å². The van der Waals surface area contributed by atoms with Crippen LogP contribution in [0.2, 0.25) is 0 Å². The molecule has 2 rings (SSSR count). The van der Waals surface area contributed by atoms with Gasteiger partial charge < -0.3 is 0 Å². The van der Waals surface area contributed by atoms with Crippen LogP contribution in [0.1, 0.15) is 25.7 Å². The summed E-state index contributed by atoms with van der Waals surface area (Å²) in [7, 11) is 0. The van der Waals surface area contributed by atoms with Gasteiger partial charge in [0.25, 0.3) is 0 Å². The van der Waals surface area contributed by atoms with Crippen molar-refractivity contribution in [2.75, 3.05) is 0 Å². The first-order chi connectivity index (χ1) is 8.79. The number of carbonyl (C=O) groups excluding carboxylic acids is 1. The smallest absolute Gasteiger partial charge is 0.288 e. The molecule has 0 saturated carbocycles. The molecule has 1 nitrogen and oxygen atoms in total. The molecule has 1 aromatic heterocycles. The van der Waals surface area contributed by atoms with E-state index in [1.165, 1.54) is 23.5 Å². The molecule has 0 aliphatic heterocycles. The Balaban J connectivity index is 2.43. The van der Waals surface area contributed by atoms with Gasteiger partial charge >= 0.3 is 6.18 Å². The van der Waals surface area contributed by atoms with E-state index in [1.807, 2.05) is 6.92 Å². The number of rotatable bonds is 2. The molecule has 0 radical (unpaired) electrons. The van der Waals surface area contributed by atoms with E-state index in [2.05, 4.69) is 15.9 Å². The fraction of sp³-hybridized carbons (Fsp3) is 0.154. The van der Waals surface area contributed by atoms with E-state index < -0.39 is 17.5 Å². The van der Waals surface area contributed by atoms with E-state index in [1.54, 1.807) is 6.07 Å². The van der Waals surface area contributed by atoms with E-state index in [4.69, 9.17) is 0 Å². The maximum Gasteiger partial charge on any atom is 0.416 e. The summed E-state index contributed by atoms with van der Waals surface area (Å²) in [5, 5.41) is 0. The van der Waals surface area contributed by atoms with Crippen molar-refractivity contribution in [2.24, 2.45) is 0 Å². The van der Waals surface area contributed by atoms with Crippen molar-refractivity contribution in [3.8, 4) is 0 Å². The highest BCUT2D eigenvalue weighted by Gasteiger charge is 2.31. The van der Waals surface area contributed by atoms with Gasteiger partial charge in [-0.2, -0.15) is 13.2 Å². The number of halogens is 4. The van der Waals surface area contributed by atoms with Gasteiger partial charge in [-0.25, -0.2) is 0 Å². The number of hydrogen-bond acceptors (Lipinski definition) is 2. The summed E-state index contributed by atoms with van der Waals surface area (Å²) in [4.78, 5) is 13.5. The maximum atomic E-state index is 12.6. The molecule has 0 amide bonds. The number of ketones is 1. The summed E-state index contributed by atoms with van der Waals surface area (Å²) >= 11 is 4.49. The number of carbonyl (C=O) groups is 1. The second-order valence-corrected chi connectivity index (χ2v) is 6.05. The second-order valence-electron chi connectivity index (χ2n) is 3.94. The van der Waals surface area contributed by atoms with E-state index in [9.17, 15) is 18.0 Å². The Morgan fingerprint density at radius 1 is 1.26 bits per heavy atom. The van der Waals surface area contributed by atoms with Crippen molar-refractivity contribution in [3.63, 3.8) is 0 Å². The summed E-state index contributed by atoms with van der Waals surface area (Å²) in [5.41, 5.74) is -0.778. The topological polar surface area (TPSA) is 17.1 Å². The van der Waals surface area contributed by atoms with Crippen LogP contribution < -0.4 is 0 Å². The average molecular weight is 349 g/mol. The molecule has 100 valence electrons. The summed E-state index contributed by atoms with van der Waals surface area (Å²) < 4.78 is 38.4. The zero-order valence-corrected chi connectivity index (χ0v) is 12.1. The van der Waals surface area contributed by atoms with E-state index in [-0.39, 0.29) is 5.56 Å². The van der Waals surface area contributed by atoms with E-state index in [0.717, 1.165) is 17.0 Å². The van der Waals surface area contributed by atoms with Crippen LogP contribution in [0.3, 0.4) is 0 Å². The third-order valence-electron chi connectivity index (χ3n) is 2.47. The molecule has 0 aliphatic rings. The van der Waals surface area contributed by atoms with Crippen molar-refractivity contribution >= 4 is 33.0 Å². The Morgan fingerprint density at radius 2 is 1.95 bits per heavy atom. The number of benzene rings is 1. The quantitative estimate of drug-likeness (QED) is 0.692. The van der Waals surface area contributed by atoms with Gasteiger partial charge in [0.15, 0.2) is 0 Å². The molecule has 0 atom stereocenters.